The third-order valence-corrected chi connectivity index (χ3v) is 3.26. The molecular formula is C18H19NO3. The maximum atomic E-state index is 11.9. The molecule has 0 spiro atoms. The zero-order chi connectivity index (χ0) is 15.8. The minimum absolute atomic E-state index is 0.138. The molecule has 2 aromatic carbocycles. The summed E-state index contributed by atoms with van der Waals surface area (Å²) in [6.45, 7) is 2.12. The van der Waals surface area contributed by atoms with Crippen LogP contribution < -0.4 is 5.32 Å². The van der Waals surface area contributed by atoms with E-state index in [0.717, 1.165) is 12.0 Å². The van der Waals surface area contributed by atoms with Gasteiger partial charge in [0, 0.05) is 5.56 Å². The van der Waals surface area contributed by atoms with E-state index in [-0.39, 0.29) is 19.1 Å². The third kappa shape index (κ3) is 4.74. The number of ether oxygens (including phenoxy) is 1. The van der Waals surface area contributed by atoms with Gasteiger partial charge in [-0.05, 0) is 29.7 Å². The number of nitrogens with one attached hydrogen (secondary N) is 1. The smallest absolute Gasteiger partial charge is 0.325 e. The van der Waals surface area contributed by atoms with Gasteiger partial charge >= 0.3 is 5.97 Å². The Balaban J connectivity index is 1.76. The van der Waals surface area contributed by atoms with Gasteiger partial charge in [0.1, 0.15) is 13.2 Å². The second-order valence-electron chi connectivity index (χ2n) is 4.88. The Kier molecular flexibility index (Phi) is 5.72. The molecule has 0 bridgehead atoms. The van der Waals surface area contributed by atoms with Crippen LogP contribution in [0.1, 0.15) is 28.4 Å². The van der Waals surface area contributed by atoms with E-state index in [1.807, 2.05) is 42.5 Å². The van der Waals surface area contributed by atoms with E-state index in [1.165, 1.54) is 5.56 Å². The summed E-state index contributed by atoms with van der Waals surface area (Å²) in [7, 11) is 0. The van der Waals surface area contributed by atoms with Crippen LogP contribution in [0.5, 0.6) is 0 Å². The van der Waals surface area contributed by atoms with Gasteiger partial charge < -0.3 is 10.1 Å². The Morgan fingerprint density at radius 1 is 0.955 bits per heavy atom. The summed E-state index contributed by atoms with van der Waals surface area (Å²) >= 11 is 0. The van der Waals surface area contributed by atoms with Gasteiger partial charge in [-0.15, -0.1) is 0 Å². The van der Waals surface area contributed by atoms with Gasteiger partial charge in [0.25, 0.3) is 5.91 Å². The number of esters is 1. The van der Waals surface area contributed by atoms with Crippen LogP contribution in [-0.4, -0.2) is 18.4 Å². The van der Waals surface area contributed by atoms with Gasteiger partial charge in [0.05, 0.1) is 0 Å². The average Bonchev–Trinajstić information content (AvgIpc) is 2.58. The highest BCUT2D eigenvalue weighted by Crippen LogP contribution is 2.05. The monoisotopic (exact) mass is 297 g/mol. The molecule has 0 aliphatic heterocycles. The summed E-state index contributed by atoms with van der Waals surface area (Å²) in [5.74, 6) is -0.735. The molecule has 0 aliphatic rings. The molecule has 1 amide bonds. The van der Waals surface area contributed by atoms with E-state index >= 15 is 0 Å². The predicted molar refractivity (Wildman–Crippen MR) is 84.4 cm³/mol. The molecule has 22 heavy (non-hydrogen) atoms. The lowest BCUT2D eigenvalue weighted by atomic mass is 10.1. The summed E-state index contributed by atoms with van der Waals surface area (Å²) < 4.78 is 5.10. The van der Waals surface area contributed by atoms with Crippen molar-refractivity contribution < 1.29 is 14.3 Å². The molecule has 0 saturated carbocycles. The van der Waals surface area contributed by atoms with Crippen molar-refractivity contribution >= 4 is 11.9 Å². The molecule has 0 aliphatic carbocycles. The maximum Gasteiger partial charge on any atom is 0.325 e. The molecule has 0 aromatic heterocycles. The molecule has 0 fully saturated rings. The molecule has 2 aromatic rings. The third-order valence-electron chi connectivity index (χ3n) is 3.26. The second-order valence-corrected chi connectivity index (χ2v) is 4.88. The van der Waals surface area contributed by atoms with Gasteiger partial charge in [0.2, 0.25) is 0 Å². The molecule has 1 N–H and O–H groups in total. The summed E-state index contributed by atoms with van der Waals surface area (Å²) in [6.07, 6.45) is 0.924. The Morgan fingerprint density at radius 2 is 1.64 bits per heavy atom. The van der Waals surface area contributed by atoms with Crippen LogP contribution in [0.15, 0.2) is 54.6 Å². The van der Waals surface area contributed by atoms with Crippen molar-refractivity contribution in [1.29, 1.82) is 0 Å². The first-order valence-electron chi connectivity index (χ1n) is 7.25. The SMILES string of the molecule is CCc1ccc(C(=O)NCC(=O)OCc2ccccc2)cc1. The summed E-state index contributed by atoms with van der Waals surface area (Å²) in [5, 5.41) is 2.56. The van der Waals surface area contributed by atoms with E-state index in [2.05, 4.69) is 12.2 Å². The molecule has 0 radical (unpaired) electrons. The van der Waals surface area contributed by atoms with Crippen LogP contribution in [0.25, 0.3) is 0 Å². The van der Waals surface area contributed by atoms with E-state index in [0.29, 0.717) is 5.56 Å². The molecule has 2 rings (SSSR count). The highest BCUT2D eigenvalue weighted by atomic mass is 16.5. The number of hydrogen-bond donors (Lipinski definition) is 1. The van der Waals surface area contributed by atoms with E-state index in [1.54, 1.807) is 12.1 Å². The van der Waals surface area contributed by atoms with E-state index < -0.39 is 5.97 Å². The Hall–Kier alpha value is -2.62. The standard InChI is InChI=1S/C18H19NO3/c1-2-14-8-10-16(11-9-14)18(21)19-12-17(20)22-13-15-6-4-3-5-7-15/h3-11H,2,12-13H2,1H3,(H,19,21). The highest BCUT2D eigenvalue weighted by molar-refractivity contribution is 5.95. The maximum absolute atomic E-state index is 11.9. The number of carbonyl (C=O) groups excluding carboxylic acids is 2. The minimum atomic E-state index is -0.456. The minimum Gasteiger partial charge on any atom is -0.460 e. The van der Waals surface area contributed by atoms with Gasteiger partial charge in [0.15, 0.2) is 0 Å². The summed E-state index contributed by atoms with van der Waals surface area (Å²) in [4.78, 5) is 23.5. The predicted octanol–water partition coefficient (Wildman–Crippen LogP) is 2.72. The van der Waals surface area contributed by atoms with Crippen molar-refractivity contribution in [3.8, 4) is 0 Å². The normalized spacial score (nSPS) is 10.0. The highest BCUT2D eigenvalue weighted by Gasteiger charge is 2.09. The van der Waals surface area contributed by atoms with Crippen LogP contribution in [0.4, 0.5) is 0 Å². The molecule has 4 heteroatoms. The van der Waals surface area contributed by atoms with Gasteiger partial charge in [-0.3, -0.25) is 9.59 Å². The first-order chi connectivity index (χ1) is 10.7. The lowest BCUT2D eigenvalue weighted by Gasteiger charge is -2.07. The van der Waals surface area contributed by atoms with E-state index in [4.69, 9.17) is 4.74 Å². The van der Waals surface area contributed by atoms with Crippen LogP contribution in [-0.2, 0) is 22.6 Å². The van der Waals surface area contributed by atoms with Crippen LogP contribution in [0.2, 0.25) is 0 Å². The molecule has 0 heterocycles. The Labute approximate surface area is 130 Å². The number of aryl methyl sites for hydroxylation is 1. The number of hydrogen-bond acceptors (Lipinski definition) is 3. The zero-order valence-electron chi connectivity index (χ0n) is 12.5. The summed E-state index contributed by atoms with van der Waals surface area (Å²) in [6, 6.07) is 16.7. The fourth-order valence-electron chi connectivity index (χ4n) is 1.94. The van der Waals surface area contributed by atoms with Crippen molar-refractivity contribution in [1.82, 2.24) is 5.32 Å². The number of amides is 1. The Morgan fingerprint density at radius 3 is 2.27 bits per heavy atom. The van der Waals surface area contributed by atoms with Crippen molar-refractivity contribution in [2.24, 2.45) is 0 Å². The van der Waals surface area contributed by atoms with Crippen molar-refractivity contribution in [2.45, 2.75) is 20.0 Å². The molecule has 0 saturated heterocycles. The Bertz CT molecular complexity index is 621. The van der Waals surface area contributed by atoms with Gasteiger partial charge in [-0.1, -0.05) is 49.4 Å². The first-order valence-corrected chi connectivity index (χ1v) is 7.25. The molecule has 0 atom stereocenters. The van der Waals surface area contributed by atoms with Crippen molar-refractivity contribution in [3.63, 3.8) is 0 Å². The topological polar surface area (TPSA) is 55.4 Å². The fourth-order valence-corrected chi connectivity index (χ4v) is 1.94. The second kappa shape index (κ2) is 7.98. The average molecular weight is 297 g/mol. The number of carbonyl (C=O) groups is 2. The fraction of sp³-hybridized carbons (Fsp3) is 0.222. The van der Waals surface area contributed by atoms with Crippen molar-refractivity contribution in [3.05, 3.63) is 71.3 Å². The van der Waals surface area contributed by atoms with Crippen LogP contribution >= 0.6 is 0 Å². The van der Waals surface area contributed by atoms with Crippen molar-refractivity contribution in [2.75, 3.05) is 6.54 Å². The number of benzene rings is 2. The van der Waals surface area contributed by atoms with Crippen LogP contribution in [0.3, 0.4) is 0 Å². The zero-order valence-corrected chi connectivity index (χ0v) is 12.5. The number of rotatable bonds is 6. The summed E-state index contributed by atoms with van der Waals surface area (Å²) in [5.41, 5.74) is 2.62. The molecule has 114 valence electrons. The van der Waals surface area contributed by atoms with Crippen LogP contribution in [0, 0.1) is 0 Å². The lowest BCUT2D eigenvalue weighted by molar-refractivity contribution is -0.143. The molecule has 4 nitrogen and oxygen atoms in total. The quantitative estimate of drug-likeness (QED) is 0.834. The molecule has 0 unspecified atom stereocenters. The largest absolute Gasteiger partial charge is 0.460 e. The van der Waals surface area contributed by atoms with Gasteiger partial charge in [-0.2, -0.15) is 0 Å². The van der Waals surface area contributed by atoms with Gasteiger partial charge in [-0.25, -0.2) is 0 Å². The molecular weight excluding hydrogens is 278 g/mol. The lowest BCUT2D eigenvalue weighted by Crippen LogP contribution is -2.30. The van der Waals surface area contributed by atoms with E-state index in [9.17, 15) is 9.59 Å². The first kappa shape index (κ1) is 15.8.